The molecule has 0 saturated heterocycles. The maximum atomic E-state index is 11.9. The molecule has 0 aliphatic carbocycles. The molecule has 0 spiro atoms. The topological polar surface area (TPSA) is 227 Å². The van der Waals surface area contributed by atoms with Crippen molar-refractivity contribution in [2.75, 3.05) is 29.5 Å². The van der Waals surface area contributed by atoms with Crippen LogP contribution in [0.25, 0.3) is 0 Å². The summed E-state index contributed by atoms with van der Waals surface area (Å²) in [7, 11) is -17.8. The standard InChI is InChI=1S/C31H37BrN2O12S4.Na.H/c1-30(2)24-19-22(49(41,42)43)9-11-26(24)33(15-5-17-47(35,36)37)28(30)13-7-21(32)8-14-29-31(3,4)25-20-23(50(44,45)46)10-12-27(25)34(29)16-6-18-48(38,39)40;;/h7-14,19-20H,5-6,15-18H2,1-4H3,(H3-,35,36,37,38,39,40,41,42,43,44,45,46);;/q;+1;-1. The van der Waals surface area contributed by atoms with Crippen molar-refractivity contribution in [1.82, 2.24) is 0 Å². The molecule has 0 fully saturated rings. The van der Waals surface area contributed by atoms with Crippen LogP contribution < -0.4 is 34.5 Å². The van der Waals surface area contributed by atoms with Crippen LogP contribution in [0.4, 0.5) is 11.4 Å². The molecule has 0 aromatic heterocycles. The Hall–Kier alpha value is -1.75. The van der Waals surface area contributed by atoms with Gasteiger partial charge in [0.1, 0.15) is 16.7 Å². The van der Waals surface area contributed by atoms with Crippen LogP contribution in [-0.4, -0.2) is 86.8 Å². The minimum absolute atomic E-state index is 0. The number of halogens is 1. The van der Waals surface area contributed by atoms with Crippen molar-refractivity contribution in [3.63, 3.8) is 0 Å². The van der Waals surface area contributed by atoms with E-state index >= 15 is 0 Å². The summed E-state index contributed by atoms with van der Waals surface area (Å²) in [4.78, 5) is 1.09. The van der Waals surface area contributed by atoms with Crippen molar-refractivity contribution in [2.45, 2.75) is 61.2 Å². The van der Waals surface area contributed by atoms with E-state index in [2.05, 4.69) is 15.9 Å². The smallest absolute Gasteiger partial charge is 1.00 e. The first-order valence-electron chi connectivity index (χ1n) is 15.0. The van der Waals surface area contributed by atoms with Gasteiger partial charge in [-0.15, -0.1) is 0 Å². The summed E-state index contributed by atoms with van der Waals surface area (Å²) in [6, 6.07) is 8.08. The van der Waals surface area contributed by atoms with Gasteiger partial charge < -0.3 is 10.9 Å². The summed E-state index contributed by atoms with van der Waals surface area (Å²) < 4.78 is 136. The van der Waals surface area contributed by atoms with E-state index in [0.29, 0.717) is 38.4 Å². The van der Waals surface area contributed by atoms with Gasteiger partial charge in [-0.1, -0.05) is 29.8 Å². The van der Waals surface area contributed by atoms with Gasteiger partial charge in [0.15, 0.2) is 5.71 Å². The van der Waals surface area contributed by atoms with Gasteiger partial charge in [-0.2, -0.15) is 29.8 Å². The predicted molar refractivity (Wildman–Crippen MR) is 191 cm³/mol. The second kappa shape index (κ2) is 15.5. The fourth-order valence-electron chi connectivity index (χ4n) is 6.29. The first-order chi connectivity index (χ1) is 22.7. The maximum Gasteiger partial charge on any atom is 1.00 e. The van der Waals surface area contributed by atoms with E-state index in [9.17, 15) is 51.9 Å². The van der Waals surface area contributed by atoms with E-state index < -0.39 is 67.7 Å². The molecule has 2 heterocycles. The summed E-state index contributed by atoms with van der Waals surface area (Å²) in [5.41, 5.74) is 1.86. The zero-order valence-corrected chi connectivity index (χ0v) is 35.3. The molecule has 4 rings (SSSR count). The molecule has 276 valence electrons. The predicted octanol–water partition coefficient (Wildman–Crippen LogP) is 1.40. The quantitative estimate of drug-likeness (QED) is 0.112. The van der Waals surface area contributed by atoms with Crippen LogP contribution in [0.2, 0.25) is 0 Å². The van der Waals surface area contributed by atoms with E-state index in [4.69, 9.17) is 0 Å². The fraction of sp³-hybridized carbons (Fsp3) is 0.387. The third-order valence-corrected chi connectivity index (χ3v) is 12.5. The van der Waals surface area contributed by atoms with Gasteiger partial charge in [-0.25, -0.2) is 8.42 Å². The van der Waals surface area contributed by atoms with Gasteiger partial charge in [-0.05, 0) is 74.4 Å². The summed E-state index contributed by atoms with van der Waals surface area (Å²) in [6.07, 6.45) is 7.00. The van der Waals surface area contributed by atoms with Crippen molar-refractivity contribution >= 4 is 73.5 Å². The minimum atomic E-state index is -4.76. The first-order valence-corrected chi connectivity index (χ1v) is 21.9. The van der Waals surface area contributed by atoms with E-state index in [-0.39, 0.29) is 61.8 Å². The van der Waals surface area contributed by atoms with Gasteiger partial charge in [-0.3, -0.25) is 13.7 Å². The fourth-order valence-corrected chi connectivity index (χ4v) is 8.55. The Morgan fingerprint density at radius 3 is 2.00 bits per heavy atom. The average molecular weight is 862 g/mol. The number of anilines is 1. The molecule has 20 heteroatoms. The molecule has 0 saturated carbocycles. The zero-order chi connectivity index (χ0) is 37.7. The SMILES string of the molecule is CC1(C)C(=CC=C(Br)C=CC2=[N+](CCCS(=O)(=O)O)c3ccc(S(=O)(=O)[O-])cc3C2(C)C)N(CCCS(=O)(=O)O)c2ccc(S(=O)(=O)O)cc21.[H-].[Na+]. The van der Waals surface area contributed by atoms with E-state index in [1.54, 1.807) is 33.8 Å². The maximum absolute atomic E-state index is 11.9. The number of nitrogens with zero attached hydrogens (tertiary/aromatic N) is 2. The summed E-state index contributed by atoms with van der Waals surface area (Å²) >= 11 is 3.53. The molecule has 0 bridgehead atoms. The molecule has 2 aliphatic rings. The van der Waals surface area contributed by atoms with Gasteiger partial charge in [0.05, 0.1) is 26.7 Å². The minimum Gasteiger partial charge on any atom is -1.00 e. The number of hydrogen-bond donors (Lipinski definition) is 3. The third-order valence-electron chi connectivity index (χ3n) is 8.68. The van der Waals surface area contributed by atoms with Crippen LogP contribution >= 0.6 is 15.9 Å². The molecule has 0 atom stereocenters. The van der Waals surface area contributed by atoms with E-state index in [1.807, 2.05) is 27.7 Å². The van der Waals surface area contributed by atoms with Crippen molar-refractivity contribution in [3.8, 4) is 0 Å². The number of fused-ring (bicyclic) bond motifs is 2. The first kappa shape index (κ1) is 43.7. The molecule has 2 aromatic carbocycles. The molecule has 0 radical (unpaired) electrons. The van der Waals surface area contributed by atoms with Gasteiger partial charge in [0, 0.05) is 52.0 Å². The Balaban J connectivity index is 0.00000468. The summed E-state index contributed by atoms with van der Waals surface area (Å²) in [6.45, 7) is 7.60. The zero-order valence-electron chi connectivity index (χ0n) is 29.4. The van der Waals surface area contributed by atoms with Crippen LogP contribution in [0, 0.1) is 0 Å². The Bertz CT molecular complexity index is 2300. The number of allylic oxidation sites excluding steroid dienone is 6. The van der Waals surface area contributed by atoms with Gasteiger partial charge in [0.2, 0.25) is 5.69 Å². The number of rotatable bonds is 13. The van der Waals surface area contributed by atoms with Crippen LogP contribution in [0.3, 0.4) is 0 Å². The normalized spacial score (nSPS) is 18.3. The Morgan fingerprint density at radius 2 is 1.43 bits per heavy atom. The van der Waals surface area contributed by atoms with Gasteiger partial charge in [0.25, 0.3) is 30.4 Å². The molecule has 2 aliphatic heterocycles. The number of benzene rings is 2. The van der Waals surface area contributed by atoms with Crippen LogP contribution in [0.1, 0.15) is 53.1 Å². The van der Waals surface area contributed by atoms with Gasteiger partial charge >= 0.3 is 29.6 Å². The van der Waals surface area contributed by atoms with Crippen molar-refractivity contribution in [3.05, 3.63) is 82.0 Å². The van der Waals surface area contributed by atoms with Crippen molar-refractivity contribution < 1.29 is 87.4 Å². The molecule has 2 aromatic rings. The average Bonchev–Trinajstić information content (AvgIpc) is 3.30. The second-order valence-electron chi connectivity index (χ2n) is 12.9. The Labute approximate surface area is 330 Å². The van der Waals surface area contributed by atoms with E-state index in [1.165, 1.54) is 36.4 Å². The molecule has 14 nitrogen and oxygen atoms in total. The van der Waals surface area contributed by atoms with E-state index in [0.717, 1.165) is 0 Å². The molecular weight excluding hydrogens is 824 g/mol. The molecular formula is C31H38BrN2NaO12S4. The van der Waals surface area contributed by atoms with Crippen LogP contribution in [-0.2, 0) is 51.3 Å². The molecule has 0 unspecified atom stereocenters. The second-order valence-corrected chi connectivity index (χ2v) is 19.8. The summed E-state index contributed by atoms with van der Waals surface area (Å²) in [5.74, 6) is -1.01. The number of hydrogen-bond acceptors (Lipinski definition) is 10. The summed E-state index contributed by atoms with van der Waals surface area (Å²) in [5, 5.41) is 0. The van der Waals surface area contributed by atoms with Crippen LogP contribution in [0.5, 0.6) is 0 Å². The monoisotopic (exact) mass is 860 g/mol. The Morgan fingerprint density at radius 1 is 0.863 bits per heavy atom. The largest absolute Gasteiger partial charge is 1.00 e. The van der Waals surface area contributed by atoms with Crippen molar-refractivity contribution in [2.24, 2.45) is 0 Å². The third kappa shape index (κ3) is 10.3. The van der Waals surface area contributed by atoms with Crippen molar-refractivity contribution in [1.29, 1.82) is 0 Å². The Kier molecular flexibility index (Phi) is 13.3. The molecule has 0 amide bonds. The molecule has 3 N–H and O–H groups in total. The van der Waals surface area contributed by atoms with Crippen LogP contribution in [0.15, 0.2) is 80.7 Å². The molecule has 51 heavy (non-hydrogen) atoms.